The average molecular weight is 349 g/mol. The number of rotatable bonds is 7. The van der Waals surface area contributed by atoms with Gasteiger partial charge in [0, 0.05) is 31.0 Å². The average Bonchev–Trinajstić information content (AvgIpc) is 3.19. The number of pyridine rings is 1. The van der Waals surface area contributed by atoms with Crippen molar-refractivity contribution in [3.63, 3.8) is 0 Å². The van der Waals surface area contributed by atoms with Gasteiger partial charge in [-0.2, -0.15) is 5.10 Å². The lowest BCUT2D eigenvalue weighted by Gasteiger charge is -2.06. The summed E-state index contributed by atoms with van der Waals surface area (Å²) in [5, 5.41) is 12.5. The van der Waals surface area contributed by atoms with Crippen molar-refractivity contribution in [2.75, 3.05) is 13.1 Å². The van der Waals surface area contributed by atoms with Crippen LogP contribution in [0, 0.1) is 0 Å². The lowest BCUT2D eigenvalue weighted by Crippen LogP contribution is -2.30. The van der Waals surface area contributed by atoms with Gasteiger partial charge in [-0.15, -0.1) is 0 Å². The Hall–Kier alpha value is -3.48. The zero-order valence-electron chi connectivity index (χ0n) is 14.1. The second-order valence-corrected chi connectivity index (χ2v) is 5.64. The van der Waals surface area contributed by atoms with Crippen molar-refractivity contribution in [2.45, 2.75) is 6.42 Å². The molecular formula is C19H19N5O2. The van der Waals surface area contributed by atoms with Crippen LogP contribution in [-0.2, 0) is 0 Å². The summed E-state index contributed by atoms with van der Waals surface area (Å²) >= 11 is 0. The summed E-state index contributed by atoms with van der Waals surface area (Å²) in [5.41, 5.74) is 2.59. The summed E-state index contributed by atoms with van der Waals surface area (Å²) in [4.78, 5) is 27.9. The molecule has 0 aliphatic rings. The third-order valence-corrected chi connectivity index (χ3v) is 3.74. The molecule has 0 saturated heterocycles. The first-order chi connectivity index (χ1) is 12.7. The lowest BCUT2D eigenvalue weighted by atomic mass is 10.1. The monoisotopic (exact) mass is 349 g/mol. The van der Waals surface area contributed by atoms with Crippen LogP contribution in [0.25, 0.3) is 11.3 Å². The van der Waals surface area contributed by atoms with Crippen LogP contribution in [-0.4, -0.2) is 40.1 Å². The minimum atomic E-state index is -0.224. The molecule has 2 heterocycles. The Morgan fingerprint density at radius 2 is 1.73 bits per heavy atom. The highest BCUT2D eigenvalue weighted by Gasteiger charge is 2.10. The standard InChI is InChI=1S/C19H19N5O2/c25-18(15-8-4-9-20-13-15)21-10-5-11-22-19(26)17-12-16(23-24-17)14-6-2-1-3-7-14/h1-4,6-9,12-13H,5,10-11H2,(H,21,25)(H,22,26)(H,23,24). The normalized spacial score (nSPS) is 10.3. The van der Waals surface area contributed by atoms with E-state index in [0.29, 0.717) is 30.8 Å². The van der Waals surface area contributed by atoms with Crippen molar-refractivity contribution >= 4 is 11.8 Å². The van der Waals surface area contributed by atoms with E-state index in [4.69, 9.17) is 0 Å². The summed E-state index contributed by atoms with van der Waals surface area (Å²) in [6.07, 6.45) is 3.75. The van der Waals surface area contributed by atoms with Gasteiger partial charge in [-0.3, -0.25) is 19.7 Å². The van der Waals surface area contributed by atoms with Crippen LogP contribution in [0.1, 0.15) is 27.3 Å². The maximum Gasteiger partial charge on any atom is 0.269 e. The number of H-pyrrole nitrogens is 1. The Morgan fingerprint density at radius 1 is 0.962 bits per heavy atom. The van der Waals surface area contributed by atoms with E-state index in [1.54, 1.807) is 24.4 Å². The number of hydrogen-bond donors (Lipinski definition) is 3. The first-order valence-electron chi connectivity index (χ1n) is 8.31. The molecule has 132 valence electrons. The summed E-state index contributed by atoms with van der Waals surface area (Å²) in [7, 11) is 0. The van der Waals surface area contributed by atoms with Crippen molar-refractivity contribution in [2.24, 2.45) is 0 Å². The summed E-state index contributed by atoms with van der Waals surface area (Å²) in [5.74, 6) is -0.399. The molecule has 0 saturated carbocycles. The number of hydrogen-bond acceptors (Lipinski definition) is 4. The summed E-state index contributed by atoms with van der Waals surface area (Å²) < 4.78 is 0. The zero-order valence-corrected chi connectivity index (χ0v) is 14.1. The molecule has 7 heteroatoms. The van der Waals surface area contributed by atoms with Crippen LogP contribution >= 0.6 is 0 Å². The van der Waals surface area contributed by atoms with Crippen LogP contribution < -0.4 is 10.6 Å². The van der Waals surface area contributed by atoms with Crippen LogP contribution in [0.4, 0.5) is 0 Å². The topological polar surface area (TPSA) is 99.8 Å². The fourth-order valence-electron chi connectivity index (χ4n) is 2.38. The minimum absolute atomic E-state index is 0.175. The molecule has 0 aliphatic carbocycles. The van der Waals surface area contributed by atoms with Gasteiger partial charge in [-0.1, -0.05) is 30.3 Å². The van der Waals surface area contributed by atoms with Crippen LogP contribution in [0.15, 0.2) is 60.9 Å². The van der Waals surface area contributed by atoms with E-state index < -0.39 is 0 Å². The van der Waals surface area contributed by atoms with E-state index in [1.807, 2.05) is 30.3 Å². The molecule has 3 N–H and O–H groups in total. The van der Waals surface area contributed by atoms with Gasteiger partial charge in [-0.25, -0.2) is 0 Å². The van der Waals surface area contributed by atoms with Gasteiger partial charge in [0.25, 0.3) is 11.8 Å². The molecule has 2 amide bonds. The quantitative estimate of drug-likeness (QED) is 0.568. The van der Waals surface area contributed by atoms with Crippen LogP contribution in [0.2, 0.25) is 0 Å². The Bertz CT molecular complexity index is 862. The predicted molar refractivity (Wildman–Crippen MR) is 97.5 cm³/mol. The number of amides is 2. The molecule has 3 aromatic rings. The molecule has 0 spiro atoms. The molecule has 0 bridgehead atoms. The van der Waals surface area contributed by atoms with Gasteiger partial charge in [-0.05, 0) is 24.6 Å². The number of benzene rings is 1. The number of nitrogens with zero attached hydrogens (tertiary/aromatic N) is 2. The molecule has 0 aliphatic heterocycles. The van der Waals surface area contributed by atoms with E-state index in [2.05, 4.69) is 25.8 Å². The maximum atomic E-state index is 12.1. The molecule has 2 aromatic heterocycles. The van der Waals surface area contributed by atoms with E-state index >= 15 is 0 Å². The third kappa shape index (κ3) is 4.54. The second kappa shape index (κ2) is 8.57. The van der Waals surface area contributed by atoms with E-state index in [9.17, 15) is 9.59 Å². The van der Waals surface area contributed by atoms with Crippen molar-refractivity contribution < 1.29 is 9.59 Å². The molecule has 1 aromatic carbocycles. The first-order valence-corrected chi connectivity index (χ1v) is 8.31. The highest BCUT2D eigenvalue weighted by Crippen LogP contribution is 2.16. The smallest absolute Gasteiger partial charge is 0.269 e. The Morgan fingerprint density at radius 3 is 2.46 bits per heavy atom. The highest BCUT2D eigenvalue weighted by molar-refractivity contribution is 5.94. The molecule has 0 fully saturated rings. The first kappa shape index (κ1) is 17.3. The molecule has 26 heavy (non-hydrogen) atoms. The maximum absolute atomic E-state index is 12.1. The number of aromatic nitrogens is 3. The molecule has 0 atom stereocenters. The van der Waals surface area contributed by atoms with Gasteiger partial charge in [0.2, 0.25) is 0 Å². The Balaban J connectivity index is 1.41. The van der Waals surface area contributed by atoms with Crippen molar-refractivity contribution in [3.05, 3.63) is 72.2 Å². The van der Waals surface area contributed by atoms with E-state index in [-0.39, 0.29) is 11.8 Å². The van der Waals surface area contributed by atoms with Gasteiger partial charge >= 0.3 is 0 Å². The van der Waals surface area contributed by atoms with E-state index in [1.165, 1.54) is 6.20 Å². The third-order valence-electron chi connectivity index (χ3n) is 3.74. The predicted octanol–water partition coefficient (Wildman–Crippen LogP) is 2.02. The number of nitrogens with one attached hydrogen (secondary N) is 3. The molecule has 3 rings (SSSR count). The Kier molecular flexibility index (Phi) is 5.72. The number of carbonyl (C=O) groups excluding carboxylic acids is 2. The van der Waals surface area contributed by atoms with Crippen LogP contribution in [0.3, 0.4) is 0 Å². The van der Waals surface area contributed by atoms with Gasteiger partial charge in [0.15, 0.2) is 0 Å². The minimum Gasteiger partial charge on any atom is -0.352 e. The SMILES string of the molecule is O=C(NCCCNC(=O)c1cc(-c2ccccc2)n[nH]1)c1cccnc1. The Labute approximate surface area is 150 Å². The van der Waals surface area contributed by atoms with Gasteiger partial charge in [0.05, 0.1) is 11.3 Å². The van der Waals surface area contributed by atoms with Crippen LogP contribution in [0.5, 0.6) is 0 Å². The number of aromatic amines is 1. The van der Waals surface area contributed by atoms with Crippen molar-refractivity contribution in [1.82, 2.24) is 25.8 Å². The second-order valence-electron chi connectivity index (χ2n) is 5.64. The van der Waals surface area contributed by atoms with E-state index in [0.717, 1.165) is 11.3 Å². The molecule has 0 unspecified atom stereocenters. The van der Waals surface area contributed by atoms with Crippen molar-refractivity contribution in [3.8, 4) is 11.3 Å². The van der Waals surface area contributed by atoms with Gasteiger partial charge in [0.1, 0.15) is 5.69 Å². The van der Waals surface area contributed by atoms with Crippen molar-refractivity contribution in [1.29, 1.82) is 0 Å². The summed E-state index contributed by atoms with van der Waals surface area (Å²) in [6.45, 7) is 0.915. The largest absolute Gasteiger partial charge is 0.352 e. The molecular weight excluding hydrogens is 330 g/mol. The molecule has 7 nitrogen and oxygen atoms in total. The summed E-state index contributed by atoms with van der Waals surface area (Å²) in [6, 6.07) is 14.8. The highest BCUT2D eigenvalue weighted by atomic mass is 16.2. The fraction of sp³-hybridized carbons (Fsp3) is 0.158. The lowest BCUT2D eigenvalue weighted by molar-refractivity contribution is 0.0948. The fourth-order valence-corrected chi connectivity index (χ4v) is 2.38. The number of carbonyl (C=O) groups is 2. The molecule has 0 radical (unpaired) electrons. The van der Waals surface area contributed by atoms with Gasteiger partial charge < -0.3 is 10.6 Å². The zero-order chi connectivity index (χ0) is 18.2.